The Hall–Kier alpha value is -1.38. The molecule has 4 saturated carbocycles. The van der Waals surface area contributed by atoms with Crippen LogP contribution in [0, 0.1) is 24.7 Å². The van der Waals surface area contributed by atoms with Crippen LogP contribution >= 0.6 is 0 Å². The van der Waals surface area contributed by atoms with E-state index >= 15 is 0 Å². The number of nitrogens with zero attached hydrogens (tertiary/aromatic N) is 1. The zero-order valence-electron chi connectivity index (χ0n) is 12.8. The van der Waals surface area contributed by atoms with Crippen LogP contribution < -0.4 is 4.57 Å². The normalized spacial score (nSPS) is 36.7. The molecule has 0 aliphatic heterocycles. The third-order valence-electron chi connectivity index (χ3n) is 5.63. The summed E-state index contributed by atoms with van der Waals surface area (Å²) in [4.78, 5) is 12.4. The lowest BCUT2D eigenvalue weighted by molar-refractivity contribution is -0.686. The van der Waals surface area contributed by atoms with Crippen molar-refractivity contribution >= 4 is 5.97 Å². The molecule has 0 amide bonds. The zero-order valence-corrected chi connectivity index (χ0v) is 12.8. The number of aromatic nitrogens is 1. The molecule has 0 spiro atoms. The summed E-state index contributed by atoms with van der Waals surface area (Å²) in [6.45, 7) is 2.38. The van der Waals surface area contributed by atoms with Gasteiger partial charge in [-0.05, 0) is 69.3 Å². The van der Waals surface area contributed by atoms with Crippen LogP contribution in [-0.2, 0) is 16.1 Å². The Kier molecular flexibility index (Phi) is 3.05. The van der Waals surface area contributed by atoms with Gasteiger partial charge in [-0.1, -0.05) is 0 Å². The van der Waals surface area contributed by atoms with Gasteiger partial charge in [0.25, 0.3) is 0 Å². The highest BCUT2D eigenvalue weighted by molar-refractivity contribution is 5.68. The molecule has 4 aliphatic carbocycles. The number of rotatable bonds is 3. The van der Waals surface area contributed by atoms with Gasteiger partial charge in [0, 0.05) is 11.6 Å². The Morgan fingerprint density at radius 2 is 1.86 bits per heavy atom. The lowest BCUT2D eigenvalue weighted by atomic mass is 9.54. The van der Waals surface area contributed by atoms with Gasteiger partial charge in [-0.25, -0.2) is 4.79 Å². The lowest BCUT2D eigenvalue weighted by Crippen LogP contribution is -2.54. The second kappa shape index (κ2) is 4.82. The smallest absolute Gasteiger partial charge is 0.373 e. The van der Waals surface area contributed by atoms with Crippen molar-refractivity contribution in [1.82, 2.24) is 0 Å². The molecular weight excluding hydrogens is 262 g/mol. The van der Waals surface area contributed by atoms with Crippen molar-refractivity contribution in [2.24, 2.45) is 17.8 Å². The molecule has 0 aromatic carbocycles. The molecule has 5 rings (SSSR count). The van der Waals surface area contributed by atoms with E-state index in [1.807, 2.05) is 36.0 Å². The molecule has 3 heteroatoms. The van der Waals surface area contributed by atoms with Crippen molar-refractivity contribution in [3.63, 3.8) is 0 Å². The minimum Gasteiger partial charge on any atom is -0.454 e. The summed E-state index contributed by atoms with van der Waals surface area (Å²) in [5, 5.41) is 0. The van der Waals surface area contributed by atoms with E-state index in [-0.39, 0.29) is 11.6 Å². The molecular formula is C18H24NO2+. The Balaban J connectivity index is 1.45. The highest BCUT2D eigenvalue weighted by Gasteiger charge is 2.53. The van der Waals surface area contributed by atoms with Crippen molar-refractivity contribution in [3.05, 3.63) is 30.1 Å². The topological polar surface area (TPSA) is 30.2 Å². The molecule has 4 aliphatic rings. The maximum atomic E-state index is 12.4. The summed E-state index contributed by atoms with van der Waals surface area (Å²) in [6, 6.07) is 4.02. The van der Waals surface area contributed by atoms with Gasteiger partial charge in [0.05, 0.1) is 0 Å². The van der Waals surface area contributed by atoms with Crippen LogP contribution in [0.4, 0.5) is 0 Å². The van der Waals surface area contributed by atoms with Crippen LogP contribution in [-0.4, -0.2) is 11.6 Å². The second-order valence-corrected chi connectivity index (χ2v) is 7.63. The number of hydrogen-bond acceptors (Lipinski definition) is 2. The van der Waals surface area contributed by atoms with E-state index in [0.717, 1.165) is 37.0 Å². The standard InChI is InChI=1S/C18H24NO2/c1-13-3-2-4-19(11-13)12-17(20)21-18-8-14-5-15(9-18)7-16(6-14)10-18/h2-4,11,14-16H,5-10,12H2,1H3/q+1. The van der Waals surface area contributed by atoms with Gasteiger partial charge in [0.2, 0.25) is 6.54 Å². The Labute approximate surface area is 126 Å². The van der Waals surface area contributed by atoms with Gasteiger partial charge in [0.1, 0.15) is 5.60 Å². The number of ether oxygens (including phenoxy) is 1. The van der Waals surface area contributed by atoms with E-state index in [1.165, 1.54) is 24.8 Å². The first-order valence-electron chi connectivity index (χ1n) is 8.28. The van der Waals surface area contributed by atoms with E-state index in [9.17, 15) is 4.79 Å². The zero-order chi connectivity index (χ0) is 14.4. The fourth-order valence-corrected chi connectivity index (χ4v) is 5.33. The number of aryl methyl sites for hydroxylation is 1. The summed E-state index contributed by atoms with van der Waals surface area (Å²) in [6.07, 6.45) is 11.4. The highest BCUT2D eigenvalue weighted by atomic mass is 16.6. The van der Waals surface area contributed by atoms with Crippen molar-refractivity contribution in [2.75, 3.05) is 0 Å². The Bertz CT molecular complexity index is 531. The number of carbonyl (C=O) groups is 1. The van der Waals surface area contributed by atoms with Gasteiger partial charge in [-0.3, -0.25) is 0 Å². The molecule has 0 radical (unpaired) electrons. The largest absolute Gasteiger partial charge is 0.454 e. The SMILES string of the molecule is Cc1ccc[n+](CC(=O)OC23CC4CC(CC(C4)C2)C3)c1. The summed E-state index contributed by atoms with van der Waals surface area (Å²) >= 11 is 0. The van der Waals surface area contributed by atoms with Gasteiger partial charge >= 0.3 is 5.97 Å². The van der Waals surface area contributed by atoms with E-state index in [4.69, 9.17) is 4.74 Å². The Morgan fingerprint density at radius 3 is 2.43 bits per heavy atom. The average Bonchev–Trinajstić information content (AvgIpc) is 2.35. The van der Waals surface area contributed by atoms with Crippen LogP contribution in [0.2, 0.25) is 0 Å². The number of pyridine rings is 1. The third kappa shape index (κ3) is 2.58. The quantitative estimate of drug-likeness (QED) is 0.632. The predicted molar refractivity (Wildman–Crippen MR) is 78.4 cm³/mol. The second-order valence-electron chi connectivity index (χ2n) is 7.63. The molecule has 4 bridgehead atoms. The number of esters is 1. The number of carbonyl (C=O) groups excluding carboxylic acids is 1. The predicted octanol–water partition coefficient (Wildman–Crippen LogP) is 2.79. The van der Waals surface area contributed by atoms with Gasteiger partial charge in [-0.15, -0.1) is 0 Å². The first kappa shape index (κ1) is 13.3. The summed E-state index contributed by atoms with van der Waals surface area (Å²) in [7, 11) is 0. The summed E-state index contributed by atoms with van der Waals surface area (Å²) in [5.41, 5.74) is 1.05. The molecule has 1 aromatic heterocycles. The van der Waals surface area contributed by atoms with E-state index in [1.54, 1.807) is 0 Å². The molecule has 0 unspecified atom stereocenters. The molecule has 0 saturated heterocycles. The number of hydrogen-bond donors (Lipinski definition) is 0. The maximum Gasteiger partial charge on any atom is 0.373 e. The molecule has 21 heavy (non-hydrogen) atoms. The minimum atomic E-state index is -0.115. The molecule has 0 atom stereocenters. The fraction of sp³-hybridized carbons (Fsp3) is 0.667. The molecule has 1 aromatic rings. The minimum absolute atomic E-state index is 0.0625. The van der Waals surface area contributed by atoms with E-state index in [2.05, 4.69) is 0 Å². The molecule has 1 heterocycles. The average molecular weight is 286 g/mol. The van der Waals surface area contributed by atoms with Crippen molar-refractivity contribution in [1.29, 1.82) is 0 Å². The van der Waals surface area contributed by atoms with Crippen molar-refractivity contribution in [3.8, 4) is 0 Å². The lowest BCUT2D eigenvalue weighted by Gasteiger charge is -2.55. The molecule has 3 nitrogen and oxygen atoms in total. The first-order chi connectivity index (χ1) is 10.1. The fourth-order valence-electron chi connectivity index (χ4n) is 5.33. The highest BCUT2D eigenvalue weighted by Crippen LogP contribution is 2.57. The van der Waals surface area contributed by atoms with Gasteiger partial charge in [0.15, 0.2) is 12.4 Å². The van der Waals surface area contributed by atoms with Crippen LogP contribution in [0.15, 0.2) is 24.5 Å². The van der Waals surface area contributed by atoms with Gasteiger partial charge in [-0.2, -0.15) is 4.57 Å². The van der Waals surface area contributed by atoms with Crippen LogP contribution in [0.3, 0.4) is 0 Å². The van der Waals surface area contributed by atoms with Gasteiger partial charge < -0.3 is 4.74 Å². The summed E-state index contributed by atoms with van der Waals surface area (Å²) < 4.78 is 7.96. The molecule has 4 fully saturated rings. The maximum absolute atomic E-state index is 12.4. The van der Waals surface area contributed by atoms with E-state index in [0.29, 0.717) is 6.54 Å². The molecule has 112 valence electrons. The molecule has 0 N–H and O–H groups in total. The third-order valence-corrected chi connectivity index (χ3v) is 5.63. The van der Waals surface area contributed by atoms with Crippen LogP contribution in [0.5, 0.6) is 0 Å². The van der Waals surface area contributed by atoms with E-state index < -0.39 is 0 Å². The monoisotopic (exact) mass is 286 g/mol. The Morgan fingerprint density at radius 1 is 1.24 bits per heavy atom. The van der Waals surface area contributed by atoms with Crippen molar-refractivity contribution in [2.45, 2.75) is 57.6 Å². The van der Waals surface area contributed by atoms with Crippen LogP contribution in [0.25, 0.3) is 0 Å². The van der Waals surface area contributed by atoms with Crippen molar-refractivity contribution < 1.29 is 14.1 Å². The first-order valence-corrected chi connectivity index (χ1v) is 8.28. The summed E-state index contributed by atoms with van der Waals surface area (Å²) in [5.74, 6) is 2.38. The van der Waals surface area contributed by atoms with Crippen LogP contribution in [0.1, 0.15) is 44.1 Å².